The highest BCUT2D eigenvalue weighted by Crippen LogP contribution is 2.28. The van der Waals surface area contributed by atoms with Crippen LogP contribution in [0.25, 0.3) is 0 Å². The fourth-order valence-corrected chi connectivity index (χ4v) is 2.10. The third-order valence-corrected chi connectivity index (χ3v) is 3.12. The van der Waals surface area contributed by atoms with Crippen molar-refractivity contribution in [3.05, 3.63) is 29.3 Å². The Kier molecular flexibility index (Phi) is 3.25. The van der Waals surface area contributed by atoms with Crippen LogP contribution in [-0.4, -0.2) is 48.4 Å². The highest BCUT2D eigenvalue weighted by atomic mass is 16.4. The minimum absolute atomic E-state index is 0.0153. The number of aliphatic carboxylic acids is 1. The van der Waals surface area contributed by atoms with Gasteiger partial charge in [0.25, 0.3) is 5.91 Å². The predicted molar refractivity (Wildman–Crippen MR) is 68.2 cm³/mol. The van der Waals surface area contributed by atoms with Crippen LogP contribution >= 0.6 is 0 Å². The molecule has 1 aliphatic heterocycles. The van der Waals surface area contributed by atoms with Crippen molar-refractivity contribution in [3.8, 4) is 0 Å². The lowest BCUT2D eigenvalue weighted by Crippen LogP contribution is -2.31. The van der Waals surface area contributed by atoms with E-state index in [4.69, 9.17) is 5.11 Å². The Morgan fingerprint density at radius 3 is 2.74 bits per heavy atom. The first-order valence-electron chi connectivity index (χ1n) is 5.77. The summed E-state index contributed by atoms with van der Waals surface area (Å²) in [6.45, 7) is -0.352. The molecule has 2 amide bonds. The van der Waals surface area contributed by atoms with Gasteiger partial charge in [0.05, 0.1) is 6.42 Å². The largest absolute Gasteiger partial charge is 0.480 e. The van der Waals surface area contributed by atoms with Gasteiger partial charge in [0, 0.05) is 25.3 Å². The smallest absolute Gasteiger partial charge is 0.323 e. The summed E-state index contributed by atoms with van der Waals surface area (Å²) in [6, 6.07) is 4.97. The average molecular weight is 262 g/mol. The van der Waals surface area contributed by atoms with Gasteiger partial charge in [0.1, 0.15) is 6.54 Å². The molecule has 0 atom stereocenters. The predicted octanol–water partition coefficient (Wildman–Crippen LogP) is 0.362. The van der Waals surface area contributed by atoms with E-state index in [0.717, 1.165) is 16.2 Å². The summed E-state index contributed by atoms with van der Waals surface area (Å²) in [5.41, 5.74) is 1.98. The molecular formula is C13H14N2O4. The first-order chi connectivity index (χ1) is 8.90. The fraction of sp³-hybridized carbons (Fsp3) is 0.308. The van der Waals surface area contributed by atoms with Crippen LogP contribution in [-0.2, 0) is 16.0 Å². The van der Waals surface area contributed by atoms with Crippen LogP contribution < -0.4 is 4.90 Å². The maximum absolute atomic E-state index is 12.0. The fourth-order valence-electron chi connectivity index (χ4n) is 2.10. The molecule has 1 aromatic rings. The Morgan fingerprint density at radius 1 is 1.42 bits per heavy atom. The van der Waals surface area contributed by atoms with Gasteiger partial charge < -0.3 is 14.9 Å². The van der Waals surface area contributed by atoms with Gasteiger partial charge in [-0.2, -0.15) is 0 Å². The molecule has 1 aliphatic rings. The number of hydrogen-bond donors (Lipinski definition) is 1. The molecule has 0 fully saturated rings. The van der Waals surface area contributed by atoms with E-state index in [0.29, 0.717) is 5.56 Å². The Morgan fingerprint density at radius 2 is 2.11 bits per heavy atom. The monoisotopic (exact) mass is 262 g/mol. The minimum Gasteiger partial charge on any atom is -0.480 e. The van der Waals surface area contributed by atoms with Crippen molar-refractivity contribution in [3.63, 3.8) is 0 Å². The van der Waals surface area contributed by atoms with Crippen molar-refractivity contribution in [1.82, 2.24) is 4.90 Å². The van der Waals surface area contributed by atoms with E-state index in [1.54, 1.807) is 30.1 Å². The first kappa shape index (κ1) is 13.1. The van der Waals surface area contributed by atoms with E-state index in [1.807, 2.05) is 0 Å². The molecule has 0 bridgehead atoms. The molecule has 0 spiro atoms. The molecule has 2 rings (SSSR count). The second-order valence-corrected chi connectivity index (χ2v) is 4.53. The standard InChI is InChI=1S/C13H14N2O4/c1-14(7-12(17)18)13(19)8-3-4-10-9(5-8)6-11(16)15(10)2/h3-5H,6-7H2,1-2H3,(H,17,18). The zero-order chi connectivity index (χ0) is 14.2. The number of likely N-dealkylation sites (N-methyl/N-ethyl adjacent to an activating group) is 2. The summed E-state index contributed by atoms with van der Waals surface area (Å²) in [6.07, 6.45) is 0.273. The summed E-state index contributed by atoms with van der Waals surface area (Å²) >= 11 is 0. The van der Waals surface area contributed by atoms with Crippen LogP contribution in [0.4, 0.5) is 5.69 Å². The molecule has 0 saturated heterocycles. The molecule has 1 aromatic carbocycles. The van der Waals surface area contributed by atoms with Gasteiger partial charge >= 0.3 is 5.97 Å². The molecular weight excluding hydrogens is 248 g/mol. The van der Waals surface area contributed by atoms with Crippen LogP contribution in [0.2, 0.25) is 0 Å². The number of carbonyl (C=O) groups excluding carboxylic acids is 2. The minimum atomic E-state index is -1.06. The normalized spacial score (nSPS) is 13.4. The molecule has 100 valence electrons. The molecule has 6 heteroatoms. The SMILES string of the molecule is CN(CC(=O)O)C(=O)c1ccc2c(c1)CC(=O)N2C. The molecule has 1 heterocycles. The zero-order valence-electron chi connectivity index (χ0n) is 10.7. The summed E-state index contributed by atoms with van der Waals surface area (Å²) in [5, 5.41) is 8.66. The molecule has 0 saturated carbocycles. The lowest BCUT2D eigenvalue weighted by atomic mass is 10.1. The summed E-state index contributed by atoms with van der Waals surface area (Å²) < 4.78 is 0. The van der Waals surface area contributed by atoms with Crippen molar-refractivity contribution in [1.29, 1.82) is 0 Å². The lowest BCUT2D eigenvalue weighted by Gasteiger charge is -2.15. The molecule has 6 nitrogen and oxygen atoms in total. The van der Waals surface area contributed by atoms with E-state index in [1.165, 1.54) is 7.05 Å². The molecule has 0 aliphatic carbocycles. The topological polar surface area (TPSA) is 77.9 Å². The summed E-state index contributed by atoms with van der Waals surface area (Å²) in [4.78, 5) is 36.8. The Bertz CT molecular complexity index is 568. The van der Waals surface area contributed by atoms with E-state index in [9.17, 15) is 14.4 Å². The maximum Gasteiger partial charge on any atom is 0.323 e. The molecule has 0 aromatic heterocycles. The summed E-state index contributed by atoms with van der Waals surface area (Å²) in [5.74, 6) is -1.45. The average Bonchev–Trinajstić information content (AvgIpc) is 2.63. The number of fused-ring (bicyclic) bond motifs is 1. The molecule has 1 N–H and O–H groups in total. The van der Waals surface area contributed by atoms with Gasteiger partial charge in [-0.15, -0.1) is 0 Å². The number of carboxylic acids is 1. The van der Waals surface area contributed by atoms with Gasteiger partial charge in [-0.3, -0.25) is 14.4 Å². The Balaban J connectivity index is 2.24. The molecule has 19 heavy (non-hydrogen) atoms. The Labute approximate surface area is 110 Å². The second kappa shape index (κ2) is 4.72. The van der Waals surface area contributed by atoms with E-state index >= 15 is 0 Å². The first-order valence-corrected chi connectivity index (χ1v) is 5.77. The Hall–Kier alpha value is -2.37. The number of amides is 2. The van der Waals surface area contributed by atoms with Crippen LogP contribution in [0.3, 0.4) is 0 Å². The number of hydrogen-bond acceptors (Lipinski definition) is 3. The van der Waals surface area contributed by atoms with Crippen molar-refractivity contribution in [2.45, 2.75) is 6.42 Å². The van der Waals surface area contributed by atoms with E-state index < -0.39 is 5.97 Å². The third kappa shape index (κ3) is 2.42. The number of rotatable bonds is 3. The third-order valence-electron chi connectivity index (χ3n) is 3.12. The van der Waals surface area contributed by atoms with Crippen molar-refractivity contribution >= 4 is 23.5 Å². The van der Waals surface area contributed by atoms with E-state index in [-0.39, 0.29) is 24.8 Å². The number of benzene rings is 1. The van der Waals surface area contributed by atoms with Crippen LogP contribution in [0.15, 0.2) is 18.2 Å². The van der Waals surface area contributed by atoms with Crippen molar-refractivity contribution in [2.24, 2.45) is 0 Å². The van der Waals surface area contributed by atoms with Gasteiger partial charge in [-0.25, -0.2) is 0 Å². The zero-order valence-corrected chi connectivity index (χ0v) is 10.7. The van der Waals surface area contributed by atoms with Gasteiger partial charge in [0.15, 0.2) is 0 Å². The quantitative estimate of drug-likeness (QED) is 0.853. The van der Waals surface area contributed by atoms with Crippen molar-refractivity contribution in [2.75, 3.05) is 25.5 Å². The number of carboxylic acid groups (broad SMARTS) is 1. The van der Waals surface area contributed by atoms with Gasteiger partial charge in [-0.05, 0) is 23.8 Å². The van der Waals surface area contributed by atoms with Crippen LogP contribution in [0.5, 0.6) is 0 Å². The number of anilines is 1. The second-order valence-electron chi connectivity index (χ2n) is 4.53. The van der Waals surface area contributed by atoms with Crippen LogP contribution in [0, 0.1) is 0 Å². The van der Waals surface area contributed by atoms with Crippen molar-refractivity contribution < 1.29 is 19.5 Å². The molecule has 0 unspecified atom stereocenters. The summed E-state index contributed by atoms with van der Waals surface area (Å²) in [7, 11) is 3.12. The number of nitrogens with zero attached hydrogens (tertiary/aromatic N) is 2. The van der Waals surface area contributed by atoms with Gasteiger partial charge in [-0.1, -0.05) is 0 Å². The van der Waals surface area contributed by atoms with Crippen LogP contribution in [0.1, 0.15) is 15.9 Å². The highest BCUT2D eigenvalue weighted by molar-refractivity contribution is 6.03. The van der Waals surface area contributed by atoms with Gasteiger partial charge in [0.2, 0.25) is 5.91 Å². The van der Waals surface area contributed by atoms with E-state index in [2.05, 4.69) is 0 Å². The lowest BCUT2D eigenvalue weighted by molar-refractivity contribution is -0.137. The molecule has 0 radical (unpaired) electrons. The highest BCUT2D eigenvalue weighted by Gasteiger charge is 2.25. The maximum atomic E-state index is 12.0. The number of carbonyl (C=O) groups is 3.